The summed E-state index contributed by atoms with van der Waals surface area (Å²) in [6, 6.07) is 8.82. The van der Waals surface area contributed by atoms with Gasteiger partial charge in [0.1, 0.15) is 17.4 Å². The second-order valence-electron chi connectivity index (χ2n) is 5.09. The average Bonchev–Trinajstić information content (AvgIpc) is 2.57. The number of carbonyl (C=O) groups excluding carboxylic acids is 1. The van der Waals surface area contributed by atoms with Crippen LogP contribution in [0.15, 0.2) is 36.0 Å². The van der Waals surface area contributed by atoms with E-state index in [9.17, 15) is 9.59 Å². The predicted octanol–water partition coefficient (Wildman–Crippen LogP) is 1.73. The fourth-order valence-corrected chi connectivity index (χ4v) is 1.91. The summed E-state index contributed by atoms with van der Waals surface area (Å²) in [4.78, 5) is 22.5. The summed E-state index contributed by atoms with van der Waals surface area (Å²) in [5, 5.41) is 23.1. The van der Waals surface area contributed by atoms with Gasteiger partial charge in [0.25, 0.3) is 5.91 Å². The van der Waals surface area contributed by atoms with Crippen LogP contribution in [0.25, 0.3) is 0 Å². The van der Waals surface area contributed by atoms with Crippen LogP contribution in [-0.4, -0.2) is 30.6 Å². The number of hydrogen-bond acceptors (Lipinski definition) is 5. The van der Waals surface area contributed by atoms with Crippen LogP contribution < -0.4 is 15.4 Å². The fourth-order valence-electron chi connectivity index (χ4n) is 1.91. The highest BCUT2D eigenvalue weighted by Crippen LogP contribution is 2.17. The molecule has 0 aliphatic carbocycles. The van der Waals surface area contributed by atoms with Crippen molar-refractivity contribution in [1.29, 1.82) is 5.26 Å². The van der Waals surface area contributed by atoms with E-state index in [4.69, 9.17) is 15.1 Å². The third-order valence-electron chi connectivity index (χ3n) is 3.29. The van der Waals surface area contributed by atoms with Gasteiger partial charge in [0.05, 0.1) is 13.2 Å². The van der Waals surface area contributed by atoms with Crippen LogP contribution in [0.4, 0.5) is 0 Å². The quantitative estimate of drug-likeness (QED) is 0.361. The first-order valence-electron chi connectivity index (χ1n) is 7.48. The van der Waals surface area contributed by atoms with Gasteiger partial charge >= 0.3 is 5.97 Å². The van der Waals surface area contributed by atoms with E-state index in [1.807, 2.05) is 25.1 Å². The third-order valence-corrected chi connectivity index (χ3v) is 3.29. The van der Waals surface area contributed by atoms with E-state index in [0.717, 1.165) is 11.3 Å². The molecule has 128 valence electrons. The number of nitriles is 1. The van der Waals surface area contributed by atoms with Gasteiger partial charge in [0.15, 0.2) is 0 Å². The maximum Gasteiger partial charge on any atom is 0.303 e. The SMILES string of the molecule is COc1ccc(C(C)NC(=O)/C(C#N)=C\NCCCC(=O)O)cc1. The van der Waals surface area contributed by atoms with E-state index in [2.05, 4.69) is 10.6 Å². The minimum atomic E-state index is -0.882. The number of benzene rings is 1. The van der Waals surface area contributed by atoms with Crippen molar-refractivity contribution in [1.82, 2.24) is 10.6 Å². The topological polar surface area (TPSA) is 111 Å². The highest BCUT2D eigenvalue weighted by molar-refractivity contribution is 5.97. The average molecular weight is 331 g/mol. The Bertz CT molecular complexity index is 632. The van der Waals surface area contributed by atoms with Gasteiger partial charge in [-0.15, -0.1) is 0 Å². The van der Waals surface area contributed by atoms with Crippen LogP contribution in [0.5, 0.6) is 5.75 Å². The Hall–Kier alpha value is -3.01. The van der Waals surface area contributed by atoms with Gasteiger partial charge in [-0.05, 0) is 31.0 Å². The summed E-state index contributed by atoms with van der Waals surface area (Å²) in [6.45, 7) is 2.19. The smallest absolute Gasteiger partial charge is 0.303 e. The molecule has 0 bridgehead atoms. The summed E-state index contributed by atoms with van der Waals surface area (Å²) in [6.07, 6.45) is 1.75. The van der Waals surface area contributed by atoms with Crippen LogP contribution in [0, 0.1) is 11.3 Å². The number of hydrogen-bond donors (Lipinski definition) is 3. The van der Waals surface area contributed by atoms with Crippen LogP contribution >= 0.6 is 0 Å². The molecule has 1 unspecified atom stereocenters. The molecule has 1 atom stereocenters. The number of carboxylic acids is 1. The Kier molecular flexibility index (Phi) is 7.85. The lowest BCUT2D eigenvalue weighted by Crippen LogP contribution is -2.28. The second kappa shape index (κ2) is 9.90. The van der Waals surface area contributed by atoms with Crippen molar-refractivity contribution in [2.24, 2.45) is 0 Å². The lowest BCUT2D eigenvalue weighted by molar-refractivity contribution is -0.137. The Balaban J connectivity index is 2.56. The maximum atomic E-state index is 12.1. The molecule has 0 saturated heterocycles. The van der Waals surface area contributed by atoms with Crippen molar-refractivity contribution in [2.75, 3.05) is 13.7 Å². The molecular weight excluding hydrogens is 310 g/mol. The third kappa shape index (κ3) is 6.40. The molecule has 24 heavy (non-hydrogen) atoms. The van der Waals surface area contributed by atoms with Crippen molar-refractivity contribution in [2.45, 2.75) is 25.8 Å². The standard InChI is InChI=1S/C17H21N3O4/c1-12(13-5-7-15(24-2)8-6-13)20-17(23)14(10-18)11-19-9-3-4-16(21)22/h5-8,11-12,19H,3-4,9H2,1-2H3,(H,20,23)(H,21,22)/b14-11-. The van der Waals surface area contributed by atoms with E-state index in [1.165, 1.54) is 6.20 Å². The predicted molar refractivity (Wildman–Crippen MR) is 88.1 cm³/mol. The lowest BCUT2D eigenvalue weighted by Gasteiger charge is -2.14. The fraction of sp³-hybridized carbons (Fsp3) is 0.353. The monoisotopic (exact) mass is 331 g/mol. The van der Waals surface area contributed by atoms with Crippen LogP contribution in [-0.2, 0) is 9.59 Å². The van der Waals surface area contributed by atoms with Crippen molar-refractivity contribution in [3.8, 4) is 11.8 Å². The number of nitrogens with zero attached hydrogens (tertiary/aromatic N) is 1. The molecule has 0 radical (unpaired) electrons. The van der Waals surface area contributed by atoms with E-state index in [0.29, 0.717) is 13.0 Å². The summed E-state index contributed by atoms with van der Waals surface area (Å²) in [5.41, 5.74) is 0.821. The molecular formula is C17H21N3O4. The van der Waals surface area contributed by atoms with Gasteiger partial charge in [0, 0.05) is 19.2 Å². The number of ether oxygens (including phenoxy) is 1. The molecule has 0 fully saturated rings. The molecule has 0 spiro atoms. The van der Waals surface area contributed by atoms with Gasteiger partial charge in [-0.2, -0.15) is 5.26 Å². The first kappa shape index (κ1) is 19.0. The van der Waals surface area contributed by atoms with E-state index in [-0.39, 0.29) is 18.0 Å². The van der Waals surface area contributed by atoms with Crippen molar-refractivity contribution in [3.05, 3.63) is 41.6 Å². The van der Waals surface area contributed by atoms with E-state index < -0.39 is 11.9 Å². The molecule has 0 saturated carbocycles. The number of rotatable bonds is 9. The molecule has 3 N–H and O–H groups in total. The molecule has 1 rings (SSSR count). The minimum Gasteiger partial charge on any atom is -0.497 e. The first-order valence-corrected chi connectivity index (χ1v) is 7.48. The summed E-state index contributed by atoms with van der Waals surface area (Å²) in [7, 11) is 1.58. The number of amides is 1. The highest BCUT2D eigenvalue weighted by atomic mass is 16.5. The summed E-state index contributed by atoms with van der Waals surface area (Å²) >= 11 is 0. The maximum absolute atomic E-state index is 12.1. The minimum absolute atomic E-state index is 0.0312. The van der Waals surface area contributed by atoms with Crippen molar-refractivity contribution >= 4 is 11.9 Å². The van der Waals surface area contributed by atoms with Crippen LogP contribution in [0.3, 0.4) is 0 Å². The molecule has 7 heteroatoms. The second-order valence-corrected chi connectivity index (χ2v) is 5.09. The Morgan fingerprint density at radius 1 is 1.38 bits per heavy atom. The zero-order chi connectivity index (χ0) is 17.9. The molecule has 0 aliphatic heterocycles. The number of aliphatic carboxylic acids is 1. The van der Waals surface area contributed by atoms with Crippen molar-refractivity contribution < 1.29 is 19.4 Å². The Morgan fingerprint density at radius 2 is 2.04 bits per heavy atom. The van der Waals surface area contributed by atoms with Gasteiger partial charge in [-0.3, -0.25) is 9.59 Å². The van der Waals surface area contributed by atoms with Crippen molar-refractivity contribution in [3.63, 3.8) is 0 Å². The van der Waals surface area contributed by atoms with Gasteiger partial charge in [-0.25, -0.2) is 0 Å². The van der Waals surface area contributed by atoms with E-state index >= 15 is 0 Å². The molecule has 7 nitrogen and oxygen atoms in total. The summed E-state index contributed by atoms with van der Waals surface area (Å²) in [5.74, 6) is -0.653. The molecule has 0 heterocycles. The number of carboxylic acid groups (broad SMARTS) is 1. The van der Waals surface area contributed by atoms with Gasteiger partial charge in [0.2, 0.25) is 0 Å². The zero-order valence-electron chi connectivity index (χ0n) is 13.7. The normalized spacial score (nSPS) is 12.0. The largest absolute Gasteiger partial charge is 0.497 e. The Labute approximate surface area is 140 Å². The highest BCUT2D eigenvalue weighted by Gasteiger charge is 2.13. The van der Waals surface area contributed by atoms with Gasteiger partial charge < -0.3 is 20.5 Å². The van der Waals surface area contributed by atoms with Crippen LogP contribution in [0.2, 0.25) is 0 Å². The molecule has 1 aromatic rings. The molecule has 0 aromatic heterocycles. The number of nitrogens with one attached hydrogen (secondary N) is 2. The number of methoxy groups -OCH3 is 1. The first-order chi connectivity index (χ1) is 11.5. The molecule has 1 amide bonds. The van der Waals surface area contributed by atoms with Gasteiger partial charge in [-0.1, -0.05) is 12.1 Å². The number of carbonyl (C=O) groups is 2. The van der Waals surface area contributed by atoms with Crippen LogP contribution in [0.1, 0.15) is 31.4 Å². The Morgan fingerprint density at radius 3 is 2.58 bits per heavy atom. The lowest BCUT2D eigenvalue weighted by atomic mass is 10.1. The zero-order valence-corrected chi connectivity index (χ0v) is 13.7. The molecule has 0 aliphatic rings. The van der Waals surface area contributed by atoms with E-state index in [1.54, 1.807) is 19.2 Å². The molecule has 1 aromatic carbocycles. The summed E-state index contributed by atoms with van der Waals surface area (Å²) < 4.78 is 5.08.